The van der Waals surface area contributed by atoms with Crippen LogP contribution in [-0.2, 0) is 14.3 Å². The third-order valence-corrected chi connectivity index (χ3v) is 6.46. The fourth-order valence-corrected chi connectivity index (χ4v) is 4.41. The third kappa shape index (κ3) is 6.45. The maximum atomic E-state index is 12.9. The highest BCUT2D eigenvalue weighted by atomic mass is 32.2. The van der Waals surface area contributed by atoms with E-state index in [-0.39, 0.29) is 18.4 Å². The minimum Gasteiger partial charge on any atom is -0.483 e. The number of carbonyl (C=O) groups is 3. The first kappa shape index (κ1) is 25.7. The maximum Gasteiger partial charge on any atom is 0.337 e. The minimum absolute atomic E-state index is 0.182. The minimum atomic E-state index is -0.463. The fourth-order valence-electron chi connectivity index (χ4n) is 3.43. The van der Waals surface area contributed by atoms with E-state index in [2.05, 4.69) is 10.3 Å². The Morgan fingerprint density at radius 2 is 1.81 bits per heavy atom. The quantitative estimate of drug-likeness (QED) is 0.350. The molecule has 4 rings (SSSR count). The van der Waals surface area contributed by atoms with Crippen molar-refractivity contribution in [2.45, 2.75) is 6.92 Å². The lowest BCUT2D eigenvalue weighted by molar-refractivity contribution is -0.121. The molecule has 0 saturated carbocycles. The standard InChI is InChI=1S/C28H25N3O5S/c1-18-11-13-21(14-12-18)29-25(32)17-36-23-10-5-4-7-19(23)16-24-26(33)31(2)28(37-24)30-22-9-6-8-20(15-22)27(34)35-3/h4-16H,17H2,1-3H3,(H,29,32). The molecule has 1 heterocycles. The molecule has 3 aromatic rings. The molecule has 8 nitrogen and oxygen atoms in total. The number of carbonyl (C=O) groups excluding carboxylic acids is 3. The highest BCUT2D eigenvalue weighted by Crippen LogP contribution is 2.34. The second-order valence-corrected chi connectivity index (χ2v) is 9.16. The van der Waals surface area contributed by atoms with Gasteiger partial charge in [-0.25, -0.2) is 9.79 Å². The molecule has 188 valence electrons. The molecule has 0 spiro atoms. The molecule has 0 atom stereocenters. The Kier molecular flexibility index (Phi) is 8.05. The second kappa shape index (κ2) is 11.6. The van der Waals surface area contributed by atoms with E-state index < -0.39 is 5.97 Å². The van der Waals surface area contributed by atoms with E-state index >= 15 is 0 Å². The van der Waals surface area contributed by atoms with Crippen molar-refractivity contribution in [3.05, 3.63) is 94.4 Å². The number of benzene rings is 3. The second-order valence-electron chi connectivity index (χ2n) is 8.15. The van der Waals surface area contributed by atoms with Gasteiger partial charge in [-0.2, -0.15) is 0 Å². The number of hydrogen-bond acceptors (Lipinski definition) is 7. The van der Waals surface area contributed by atoms with Gasteiger partial charge in [0.15, 0.2) is 11.8 Å². The molecule has 1 aliphatic rings. The topological polar surface area (TPSA) is 97.3 Å². The van der Waals surface area contributed by atoms with Gasteiger partial charge in [0.25, 0.3) is 11.8 Å². The largest absolute Gasteiger partial charge is 0.483 e. The lowest BCUT2D eigenvalue weighted by atomic mass is 10.2. The highest BCUT2D eigenvalue weighted by Gasteiger charge is 2.30. The van der Waals surface area contributed by atoms with Gasteiger partial charge in [0.1, 0.15) is 5.75 Å². The van der Waals surface area contributed by atoms with Crippen LogP contribution in [0.3, 0.4) is 0 Å². The highest BCUT2D eigenvalue weighted by molar-refractivity contribution is 8.18. The van der Waals surface area contributed by atoms with Crippen LogP contribution in [0.15, 0.2) is 82.7 Å². The molecule has 0 unspecified atom stereocenters. The molecule has 1 fully saturated rings. The van der Waals surface area contributed by atoms with E-state index in [4.69, 9.17) is 9.47 Å². The van der Waals surface area contributed by atoms with Gasteiger partial charge in [0.2, 0.25) is 0 Å². The van der Waals surface area contributed by atoms with Crippen molar-refractivity contribution in [1.29, 1.82) is 0 Å². The van der Waals surface area contributed by atoms with Crippen molar-refractivity contribution in [2.24, 2.45) is 4.99 Å². The van der Waals surface area contributed by atoms with Gasteiger partial charge in [0, 0.05) is 18.3 Å². The Morgan fingerprint density at radius 1 is 1.05 bits per heavy atom. The zero-order valence-electron chi connectivity index (χ0n) is 20.6. The molecule has 37 heavy (non-hydrogen) atoms. The van der Waals surface area contributed by atoms with Gasteiger partial charge >= 0.3 is 5.97 Å². The van der Waals surface area contributed by atoms with Gasteiger partial charge in [-0.05, 0) is 61.2 Å². The first-order valence-electron chi connectivity index (χ1n) is 11.4. The first-order chi connectivity index (χ1) is 17.8. The van der Waals surface area contributed by atoms with Crippen LogP contribution in [0.1, 0.15) is 21.5 Å². The lowest BCUT2D eigenvalue weighted by Gasteiger charge is -2.10. The molecule has 0 radical (unpaired) electrons. The summed E-state index contributed by atoms with van der Waals surface area (Å²) < 4.78 is 10.5. The third-order valence-electron chi connectivity index (χ3n) is 5.40. The van der Waals surface area contributed by atoms with Crippen molar-refractivity contribution in [3.63, 3.8) is 0 Å². The van der Waals surface area contributed by atoms with Crippen LogP contribution in [0.25, 0.3) is 6.08 Å². The maximum absolute atomic E-state index is 12.9. The van der Waals surface area contributed by atoms with Crippen molar-refractivity contribution in [1.82, 2.24) is 4.90 Å². The van der Waals surface area contributed by atoms with Crippen LogP contribution in [0.5, 0.6) is 5.75 Å². The number of esters is 1. The van der Waals surface area contributed by atoms with Gasteiger partial charge in [-0.1, -0.05) is 42.0 Å². The Labute approximate surface area is 219 Å². The lowest BCUT2D eigenvalue weighted by Crippen LogP contribution is -2.23. The van der Waals surface area contributed by atoms with E-state index in [1.54, 1.807) is 49.5 Å². The normalized spacial score (nSPS) is 15.2. The van der Waals surface area contributed by atoms with Crippen LogP contribution in [0.2, 0.25) is 0 Å². The van der Waals surface area contributed by atoms with E-state index in [0.717, 1.165) is 5.56 Å². The number of methoxy groups -OCH3 is 1. The molecule has 0 aromatic heterocycles. The number of nitrogens with one attached hydrogen (secondary N) is 1. The Hall–Kier alpha value is -4.37. The number of likely N-dealkylation sites (N-methyl/N-ethyl adjacent to an activating group) is 1. The Morgan fingerprint density at radius 3 is 2.57 bits per heavy atom. The van der Waals surface area contributed by atoms with Crippen LogP contribution in [0.4, 0.5) is 11.4 Å². The molecule has 3 aromatic carbocycles. The summed E-state index contributed by atoms with van der Waals surface area (Å²) in [4.78, 5) is 43.5. The summed E-state index contributed by atoms with van der Waals surface area (Å²) >= 11 is 1.21. The average Bonchev–Trinajstić information content (AvgIpc) is 3.16. The summed E-state index contributed by atoms with van der Waals surface area (Å²) in [6.45, 7) is 1.79. The SMILES string of the molecule is COC(=O)c1cccc(N=C2SC(=Cc3ccccc3OCC(=O)Nc3ccc(C)cc3)C(=O)N2C)c1. The first-order valence-corrected chi connectivity index (χ1v) is 12.2. The number of aliphatic imine (C=N–C) groups is 1. The average molecular weight is 516 g/mol. The van der Waals surface area contributed by atoms with E-state index in [1.165, 1.54) is 23.8 Å². The van der Waals surface area contributed by atoms with Crippen LogP contribution >= 0.6 is 11.8 Å². The fraction of sp³-hybridized carbons (Fsp3) is 0.143. The number of aryl methyl sites for hydroxylation is 1. The van der Waals surface area contributed by atoms with Gasteiger partial charge in [0.05, 0.1) is 23.3 Å². The van der Waals surface area contributed by atoms with Crippen molar-refractivity contribution in [2.75, 3.05) is 26.1 Å². The molecular formula is C28H25N3O5S. The summed E-state index contributed by atoms with van der Waals surface area (Å²) in [5.74, 6) is -0.502. The smallest absolute Gasteiger partial charge is 0.337 e. The number of hydrogen-bond donors (Lipinski definition) is 1. The van der Waals surface area contributed by atoms with Crippen LogP contribution in [0, 0.1) is 6.92 Å². The zero-order chi connectivity index (χ0) is 26.4. The molecule has 0 bridgehead atoms. The molecular weight excluding hydrogens is 490 g/mol. The van der Waals surface area contributed by atoms with Crippen LogP contribution in [-0.4, -0.2) is 48.6 Å². The monoisotopic (exact) mass is 515 g/mol. The summed E-state index contributed by atoms with van der Waals surface area (Å²) in [6.07, 6.45) is 1.71. The summed E-state index contributed by atoms with van der Waals surface area (Å²) in [7, 11) is 2.95. The number of rotatable bonds is 7. The Bertz CT molecular complexity index is 1400. The zero-order valence-corrected chi connectivity index (χ0v) is 21.4. The van der Waals surface area contributed by atoms with Gasteiger partial charge in [-0.3, -0.25) is 14.5 Å². The predicted molar refractivity (Wildman–Crippen MR) is 145 cm³/mol. The molecule has 1 aliphatic heterocycles. The van der Waals surface area contributed by atoms with Crippen LogP contribution < -0.4 is 10.1 Å². The summed E-state index contributed by atoms with van der Waals surface area (Å²) in [5, 5.41) is 3.27. The summed E-state index contributed by atoms with van der Waals surface area (Å²) in [6, 6.07) is 21.3. The number of amides is 2. The molecule has 9 heteroatoms. The number of anilines is 1. The van der Waals surface area contributed by atoms with Gasteiger partial charge < -0.3 is 14.8 Å². The van der Waals surface area contributed by atoms with Crippen molar-refractivity contribution in [3.8, 4) is 5.75 Å². The van der Waals surface area contributed by atoms with Crippen molar-refractivity contribution < 1.29 is 23.9 Å². The molecule has 2 amide bonds. The number of para-hydroxylation sites is 1. The molecule has 1 N–H and O–H groups in total. The Balaban J connectivity index is 1.48. The van der Waals surface area contributed by atoms with Gasteiger partial charge in [-0.15, -0.1) is 0 Å². The number of thioether (sulfide) groups is 1. The number of ether oxygens (including phenoxy) is 2. The summed E-state index contributed by atoms with van der Waals surface area (Å²) in [5.41, 5.74) is 3.34. The predicted octanol–water partition coefficient (Wildman–Crippen LogP) is 5.03. The van der Waals surface area contributed by atoms with Crippen molar-refractivity contribution >= 4 is 52.2 Å². The molecule has 0 aliphatic carbocycles. The van der Waals surface area contributed by atoms with E-state index in [0.29, 0.717) is 38.3 Å². The van der Waals surface area contributed by atoms with E-state index in [1.807, 2.05) is 43.3 Å². The molecule has 1 saturated heterocycles. The number of amidine groups is 1. The van der Waals surface area contributed by atoms with E-state index in [9.17, 15) is 14.4 Å². The number of nitrogens with zero attached hydrogens (tertiary/aromatic N) is 2.